The lowest BCUT2D eigenvalue weighted by Gasteiger charge is -2.16. The third-order valence-corrected chi connectivity index (χ3v) is 3.13. The van der Waals surface area contributed by atoms with E-state index in [-0.39, 0.29) is 6.04 Å². The first-order valence-electron chi connectivity index (χ1n) is 6.50. The van der Waals surface area contributed by atoms with Gasteiger partial charge in [-0.1, -0.05) is 6.07 Å². The van der Waals surface area contributed by atoms with Crippen LogP contribution in [0, 0.1) is 11.6 Å². The molecule has 0 aliphatic heterocycles. The van der Waals surface area contributed by atoms with Crippen LogP contribution in [0.15, 0.2) is 36.5 Å². The third kappa shape index (κ3) is 4.47. The summed E-state index contributed by atoms with van der Waals surface area (Å²) in [4.78, 5) is 4.11. The topological polar surface area (TPSA) is 60.2 Å². The van der Waals surface area contributed by atoms with Gasteiger partial charge in [0.15, 0.2) is 0 Å². The van der Waals surface area contributed by atoms with Crippen molar-refractivity contribution in [3.05, 3.63) is 59.3 Å². The molecule has 0 spiro atoms. The molecule has 1 atom stereocenters. The Bertz CT molecular complexity index is 570. The predicted octanol–water partition coefficient (Wildman–Crippen LogP) is 1.99. The van der Waals surface area contributed by atoms with E-state index in [1.165, 1.54) is 12.1 Å². The van der Waals surface area contributed by atoms with E-state index >= 15 is 0 Å². The molecule has 112 valence electrons. The smallest absolute Gasteiger partial charge is 0.212 e. The molecule has 4 nitrogen and oxygen atoms in total. The summed E-state index contributed by atoms with van der Waals surface area (Å²) in [5.74, 6) is 4.87. The summed E-state index contributed by atoms with van der Waals surface area (Å²) in [6.45, 7) is 0. The van der Waals surface area contributed by atoms with E-state index in [4.69, 9.17) is 10.6 Å². The molecule has 0 aliphatic rings. The van der Waals surface area contributed by atoms with Crippen molar-refractivity contribution in [3.63, 3.8) is 0 Å². The molecule has 1 aromatic carbocycles. The van der Waals surface area contributed by atoms with Gasteiger partial charge >= 0.3 is 0 Å². The number of hydrogen-bond donors (Lipinski definition) is 2. The van der Waals surface area contributed by atoms with Gasteiger partial charge in [0.05, 0.1) is 7.11 Å². The zero-order chi connectivity index (χ0) is 15.2. The Labute approximate surface area is 121 Å². The van der Waals surface area contributed by atoms with E-state index in [2.05, 4.69) is 10.4 Å². The number of methoxy groups -OCH3 is 1. The van der Waals surface area contributed by atoms with Gasteiger partial charge in [0.2, 0.25) is 5.88 Å². The van der Waals surface area contributed by atoms with Crippen LogP contribution in [0.25, 0.3) is 0 Å². The molecule has 1 heterocycles. The molecule has 0 amide bonds. The van der Waals surface area contributed by atoms with Gasteiger partial charge in [-0.2, -0.15) is 0 Å². The lowest BCUT2D eigenvalue weighted by atomic mass is 10.0. The van der Waals surface area contributed by atoms with Crippen LogP contribution >= 0.6 is 0 Å². The Hall–Kier alpha value is -2.05. The second kappa shape index (κ2) is 7.10. The van der Waals surface area contributed by atoms with E-state index in [9.17, 15) is 8.78 Å². The van der Waals surface area contributed by atoms with Gasteiger partial charge in [-0.3, -0.25) is 11.3 Å². The van der Waals surface area contributed by atoms with Crippen LogP contribution in [0.2, 0.25) is 0 Å². The number of ether oxygens (including phenoxy) is 1. The van der Waals surface area contributed by atoms with Gasteiger partial charge in [-0.15, -0.1) is 0 Å². The van der Waals surface area contributed by atoms with Crippen LogP contribution in [0.1, 0.15) is 11.1 Å². The molecular weight excluding hydrogens is 276 g/mol. The van der Waals surface area contributed by atoms with Gasteiger partial charge in [0, 0.05) is 24.4 Å². The molecule has 2 rings (SSSR count). The van der Waals surface area contributed by atoms with Gasteiger partial charge < -0.3 is 4.74 Å². The van der Waals surface area contributed by atoms with Crippen LogP contribution in [-0.4, -0.2) is 18.1 Å². The highest BCUT2D eigenvalue weighted by atomic mass is 19.1. The zero-order valence-electron chi connectivity index (χ0n) is 11.6. The van der Waals surface area contributed by atoms with Crippen molar-refractivity contribution in [3.8, 4) is 5.88 Å². The Balaban J connectivity index is 2.05. The molecule has 21 heavy (non-hydrogen) atoms. The number of nitrogens with two attached hydrogens (primary N) is 1. The number of hydrazine groups is 1. The van der Waals surface area contributed by atoms with Gasteiger partial charge in [0.1, 0.15) is 11.6 Å². The van der Waals surface area contributed by atoms with Crippen molar-refractivity contribution in [2.24, 2.45) is 5.84 Å². The summed E-state index contributed by atoms with van der Waals surface area (Å²) in [6, 6.07) is 6.94. The van der Waals surface area contributed by atoms with Gasteiger partial charge in [-0.25, -0.2) is 13.8 Å². The van der Waals surface area contributed by atoms with E-state index < -0.39 is 11.6 Å². The first-order chi connectivity index (χ1) is 10.1. The number of halogens is 2. The minimum Gasteiger partial charge on any atom is -0.481 e. The number of aromatic nitrogens is 1. The maximum absolute atomic E-state index is 13.2. The van der Waals surface area contributed by atoms with E-state index in [1.54, 1.807) is 19.4 Å². The minimum absolute atomic E-state index is 0.151. The molecule has 0 saturated carbocycles. The Morgan fingerprint density at radius 2 is 1.81 bits per heavy atom. The highest BCUT2D eigenvalue weighted by molar-refractivity contribution is 5.22. The summed E-state index contributed by atoms with van der Waals surface area (Å²) >= 11 is 0. The second-order valence-electron chi connectivity index (χ2n) is 4.76. The lowest BCUT2D eigenvalue weighted by Crippen LogP contribution is -2.38. The van der Waals surface area contributed by atoms with E-state index in [0.717, 1.165) is 11.6 Å². The summed E-state index contributed by atoms with van der Waals surface area (Å²) in [5, 5.41) is 0. The number of hydrogen-bond acceptors (Lipinski definition) is 4. The molecule has 0 fully saturated rings. The minimum atomic E-state index is -0.591. The average Bonchev–Trinajstić information content (AvgIpc) is 2.46. The van der Waals surface area contributed by atoms with Crippen molar-refractivity contribution >= 4 is 0 Å². The Morgan fingerprint density at radius 3 is 2.33 bits per heavy atom. The van der Waals surface area contributed by atoms with Crippen LogP contribution in [-0.2, 0) is 12.8 Å². The van der Waals surface area contributed by atoms with Crippen LogP contribution in [0.3, 0.4) is 0 Å². The van der Waals surface area contributed by atoms with Crippen LogP contribution in [0.5, 0.6) is 5.88 Å². The molecule has 0 saturated heterocycles. The van der Waals surface area contributed by atoms with Crippen molar-refractivity contribution in [1.29, 1.82) is 0 Å². The SMILES string of the molecule is COc1ccc(CC(Cc2cc(F)cc(F)c2)NN)cn1. The van der Waals surface area contributed by atoms with Crippen molar-refractivity contribution in [1.82, 2.24) is 10.4 Å². The largest absolute Gasteiger partial charge is 0.481 e. The molecule has 1 unspecified atom stereocenters. The molecule has 3 N–H and O–H groups in total. The van der Waals surface area contributed by atoms with Gasteiger partial charge in [-0.05, 0) is 36.1 Å². The normalized spacial score (nSPS) is 12.2. The maximum Gasteiger partial charge on any atom is 0.212 e. The quantitative estimate of drug-likeness (QED) is 0.631. The first kappa shape index (κ1) is 15.3. The van der Waals surface area contributed by atoms with Crippen molar-refractivity contribution in [2.45, 2.75) is 18.9 Å². The molecule has 1 aromatic heterocycles. The monoisotopic (exact) mass is 293 g/mol. The maximum atomic E-state index is 13.2. The average molecular weight is 293 g/mol. The number of rotatable bonds is 6. The molecule has 6 heteroatoms. The first-order valence-corrected chi connectivity index (χ1v) is 6.50. The summed E-state index contributed by atoms with van der Waals surface area (Å²) in [6.07, 6.45) is 2.69. The summed E-state index contributed by atoms with van der Waals surface area (Å²) in [7, 11) is 1.55. The highest BCUT2D eigenvalue weighted by Gasteiger charge is 2.11. The molecule has 2 aromatic rings. The summed E-state index contributed by atoms with van der Waals surface area (Å²) in [5.41, 5.74) is 4.17. The molecule has 0 bridgehead atoms. The lowest BCUT2D eigenvalue weighted by molar-refractivity contribution is 0.397. The van der Waals surface area contributed by atoms with E-state index in [1.807, 2.05) is 6.07 Å². The Kier molecular flexibility index (Phi) is 5.19. The Morgan fingerprint density at radius 1 is 1.14 bits per heavy atom. The van der Waals surface area contributed by atoms with Crippen LogP contribution < -0.4 is 16.0 Å². The van der Waals surface area contributed by atoms with Crippen molar-refractivity contribution in [2.75, 3.05) is 7.11 Å². The highest BCUT2D eigenvalue weighted by Crippen LogP contribution is 2.13. The molecule has 0 radical (unpaired) electrons. The fraction of sp³-hybridized carbons (Fsp3) is 0.267. The third-order valence-electron chi connectivity index (χ3n) is 3.13. The van der Waals surface area contributed by atoms with E-state index in [0.29, 0.717) is 24.3 Å². The number of nitrogens with one attached hydrogen (secondary N) is 1. The van der Waals surface area contributed by atoms with Crippen LogP contribution in [0.4, 0.5) is 8.78 Å². The summed E-state index contributed by atoms with van der Waals surface area (Å²) < 4.78 is 31.3. The second-order valence-corrected chi connectivity index (χ2v) is 4.76. The fourth-order valence-electron chi connectivity index (χ4n) is 2.14. The van der Waals surface area contributed by atoms with Gasteiger partial charge in [0.25, 0.3) is 0 Å². The molecule has 0 aliphatic carbocycles. The van der Waals surface area contributed by atoms with Crippen molar-refractivity contribution < 1.29 is 13.5 Å². The number of pyridine rings is 1. The predicted molar refractivity (Wildman–Crippen MR) is 75.7 cm³/mol. The standard InChI is InChI=1S/C15H17F2N3O/c1-21-15-3-2-10(9-19-15)6-14(20-18)7-11-4-12(16)8-13(17)5-11/h2-5,8-9,14,20H,6-7,18H2,1H3. The number of benzene rings is 1. The number of nitrogens with zero attached hydrogens (tertiary/aromatic N) is 1. The molecular formula is C15H17F2N3O. The zero-order valence-corrected chi connectivity index (χ0v) is 11.6. The fourth-order valence-corrected chi connectivity index (χ4v) is 2.14.